The molecule has 0 saturated heterocycles. The molecule has 0 radical (unpaired) electrons. The van der Waals surface area contributed by atoms with Gasteiger partial charge in [-0.25, -0.2) is 4.98 Å². The number of aromatic nitrogens is 2. The molecule has 4 aromatic rings. The number of phenols is 1. The minimum absolute atomic E-state index is 0.211. The van der Waals surface area contributed by atoms with Crippen LogP contribution >= 0.6 is 0 Å². The van der Waals surface area contributed by atoms with Crippen LogP contribution in [0.2, 0.25) is 0 Å². The number of hydrogen-bond donors (Lipinski definition) is 1. The van der Waals surface area contributed by atoms with Crippen molar-refractivity contribution >= 4 is 11.0 Å². The van der Waals surface area contributed by atoms with Crippen molar-refractivity contribution in [1.29, 1.82) is 5.26 Å². The lowest BCUT2D eigenvalue weighted by Gasteiger charge is -2.10. The molecule has 0 bridgehead atoms. The number of para-hydroxylation sites is 2. The molecule has 0 atom stereocenters. The Labute approximate surface area is 145 Å². The van der Waals surface area contributed by atoms with Crippen LogP contribution < -0.4 is 0 Å². The third-order valence-electron chi connectivity index (χ3n) is 4.26. The summed E-state index contributed by atoms with van der Waals surface area (Å²) in [6.07, 6.45) is 1.84. The van der Waals surface area contributed by atoms with Crippen LogP contribution in [0.25, 0.3) is 22.2 Å². The predicted octanol–water partition coefficient (Wildman–Crippen LogP) is 4.33. The molecule has 0 aliphatic carbocycles. The second-order valence-electron chi connectivity index (χ2n) is 5.90. The molecule has 1 aromatic heterocycles. The summed E-state index contributed by atoms with van der Waals surface area (Å²) in [5, 5.41) is 18.9. The van der Waals surface area contributed by atoms with Gasteiger partial charge in [-0.2, -0.15) is 5.26 Å². The van der Waals surface area contributed by atoms with Gasteiger partial charge in [0.05, 0.1) is 29.0 Å². The maximum Gasteiger partial charge on any atom is 0.115 e. The molecule has 0 saturated carbocycles. The van der Waals surface area contributed by atoms with E-state index in [0.717, 1.165) is 27.7 Å². The van der Waals surface area contributed by atoms with Gasteiger partial charge in [-0.05, 0) is 53.1 Å². The lowest BCUT2D eigenvalue weighted by atomic mass is 9.97. The first-order valence-corrected chi connectivity index (χ1v) is 7.97. The van der Waals surface area contributed by atoms with Crippen molar-refractivity contribution in [2.45, 2.75) is 6.54 Å². The zero-order chi connectivity index (χ0) is 17.2. The van der Waals surface area contributed by atoms with Gasteiger partial charge in [-0.1, -0.05) is 30.3 Å². The first kappa shape index (κ1) is 15.0. The molecule has 120 valence electrons. The molecule has 4 nitrogen and oxygen atoms in total. The summed E-state index contributed by atoms with van der Waals surface area (Å²) >= 11 is 0. The van der Waals surface area contributed by atoms with Crippen molar-refractivity contribution < 1.29 is 5.11 Å². The highest BCUT2D eigenvalue weighted by Crippen LogP contribution is 2.27. The number of rotatable bonds is 3. The summed E-state index contributed by atoms with van der Waals surface area (Å²) in [5.41, 5.74) is 5.53. The second kappa shape index (κ2) is 6.14. The van der Waals surface area contributed by atoms with E-state index in [4.69, 9.17) is 0 Å². The van der Waals surface area contributed by atoms with Crippen LogP contribution in [-0.2, 0) is 6.54 Å². The van der Waals surface area contributed by atoms with Crippen LogP contribution in [0.15, 0.2) is 73.1 Å². The number of aromatic hydroxyl groups is 1. The van der Waals surface area contributed by atoms with E-state index >= 15 is 0 Å². The van der Waals surface area contributed by atoms with E-state index in [1.807, 2.05) is 60.9 Å². The fourth-order valence-electron chi connectivity index (χ4n) is 3.00. The average Bonchev–Trinajstić information content (AvgIpc) is 3.05. The zero-order valence-electron chi connectivity index (χ0n) is 13.4. The number of benzene rings is 3. The lowest BCUT2D eigenvalue weighted by molar-refractivity contribution is 0.475. The number of hydrogen-bond acceptors (Lipinski definition) is 3. The molecular weight excluding hydrogens is 310 g/mol. The van der Waals surface area contributed by atoms with Gasteiger partial charge >= 0.3 is 0 Å². The smallest absolute Gasteiger partial charge is 0.115 e. The normalized spacial score (nSPS) is 10.7. The molecule has 4 rings (SSSR count). The summed E-state index contributed by atoms with van der Waals surface area (Å²) in [6.45, 7) is 0.678. The van der Waals surface area contributed by atoms with Crippen molar-refractivity contribution in [3.63, 3.8) is 0 Å². The Morgan fingerprint density at radius 1 is 1.00 bits per heavy atom. The highest BCUT2D eigenvalue weighted by Gasteiger charge is 2.08. The first-order chi connectivity index (χ1) is 12.2. The largest absolute Gasteiger partial charge is 0.508 e. The fourth-order valence-corrected chi connectivity index (χ4v) is 3.00. The molecule has 0 amide bonds. The van der Waals surface area contributed by atoms with Crippen LogP contribution in [0.3, 0.4) is 0 Å². The number of fused-ring (bicyclic) bond motifs is 1. The summed E-state index contributed by atoms with van der Waals surface area (Å²) < 4.78 is 2.09. The monoisotopic (exact) mass is 325 g/mol. The third kappa shape index (κ3) is 2.84. The third-order valence-corrected chi connectivity index (χ3v) is 4.26. The van der Waals surface area contributed by atoms with Gasteiger partial charge in [0, 0.05) is 6.54 Å². The van der Waals surface area contributed by atoms with Crippen molar-refractivity contribution in [2.75, 3.05) is 0 Å². The molecular formula is C21H15N3O. The molecule has 1 heterocycles. The topological polar surface area (TPSA) is 61.8 Å². The molecule has 1 N–H and O–H groups in total. The maximum absolute atomic E-state index is 9.48. The summed E-state index contributed by atoms with van der Waals surface area (Å²) in [5.74, 6) is 0.211. The van der Waals surface area contributed by atoms with Crippen molar-refractivity contribution in [3.05, 3.63) is 84.2 Å². The van der Waals surface area contributed by atoms with E-state index in [2.05, 4.69) is 15.6 Å². The Morgan fingerprint density at radius 3 is 2.60 bits per heavy atom. The van der Waals surface area contributed by atoms with Crippen LogP contribution in [0, 0.1) is 11.3 Å². The molecule has 0 spiro atoms. The minimum atomic E-state index is 0.211. The maximum atomic E-state index is 9.48. The van der Waals surface area contributed by atoms with Gasteiger partial charge in [0.1, 0.15) is 5.75 Å². The van der Waals surface area contributed by atoms with Crippen LogP contribution in [0.5, 0.6) is 5.75 Å². The van der Waals surface area contributed by atoms with E-state index in [-0.39, 0.29) is 5.75 Å². The standard InChI is InChI=1S/C21H15N3O/c22-12-17-6-5-15(11-19(17)16-7-9-18(25)10-8-16)13-24-14-23-20-3-1-2-4-21(20)24/h1-11,14,25H,13H2. The van der Waals surface area contributed by atoms with Gasteiger partial charge in [0.15, 0.2) is 0 Å². The van der Waals surface area contributed by atoms with E-state index in [1.54, 1.807) is 12.1 Å². The predicted molar refractivity (Wildman–Crippen MR) is 97.1 cm³/mol. The van der Waals surface area contributed by atoms with Crippen molar-refractivity contribution in [3.8, 4) is 22.9 Å². The Kier molecular flexibility index (Phi) is 3.68. The van der Waals surface area contributed by atoms with Crippen LogP contribution in [0.4, 0.5) is 0 Å². The number of nitriles is 1. The van der Waals surface area contributed by atoms with Crippen LogP contribution in [0.1, 0.15) is 11.1 Å². The molecule has 0 aliphatic heterocycles. The minimum Gasteiger partial charge on any atom is -0.508 e. The average molecular weight is 325 g/mol. The van der Waals surface area contributed by atoms with E-state index in [1.165, 1.54) is 0 Å². The first-order valence-electron chi connectivity index (χ1n) is 7.97. The lowest BCUT2D eigenvalue weighted by Crippen LogP contribution is -1.99. The van der Waals surface area contributed by atoms with E-state index in [0.29, 0.717) is 12.1 Å². The highest BCUT2D eigenvalue weighted by molar-refractivity contribution is 5.75. The van der Waals surface area contributed by atoms with Crippen molar-refractivity contribution in [1.82, 2.24) is 9.55 Å². The second-order valence-corrected chi connectivity index (χ2v) is 5.90. The molecule has 4 heteroatoms. The Hall–Kier alpha value is -3.58. The zero-order valence-corrected chi connectivity index (χ0v) is 13.4. The van der Waals surface area contributed by atoms with Gasteiger partial charge in [-0.3, -0.25) is 0 Å². The van der Waals surface area contributed by atoms with E-state index in [9.17, 15) is 10.4 Å². The Morgan fingerprint density at radius 2 is 1.80 bits per heavy atom. The molecule has 3 aromatic carbocycles. The van der Waals surface area contributed by atoms with Gasteiger partial charge < -0.3 is 9.67 Å². The highest BCUT2D eigenvalue weighted by atomic mass is 16.3. The molecule has 25 heavy (non-hydrogen) atoms. The summed E-state index contributed by atoms with van der Waals surface area (Å²) in [7, 11) is 0. The van der Waals surface area contributed by atoms with Gasteiger partial charge in [0.2, 0.25) is 0 Å². The quantitative estimate of drug-likeness (QED) is 0.610. The Bertz CT molecular complexity index is 1090. The molecule has 0 fully saturated rings. The Balaban J connectivity index is 1.75. The molecule has 0 aliphatic rings. The molecule has 0 unspecified atom stereocenters. The number of imidazole rings is 1. The number of nitrogens with zero attached hydrogens (tertiary/aromatic N) is 3. The fraction of sp³-hybridized carbons (Fsp3) is 0.0476. The number of phenolic OH excluding ortho intramolecular Hbond substituents is 1. The van der Waals surface area contributed by atoms with Crippen LogP contribution in [-0.4, -0.2) is 14.7 Å². The van der Waals surface area contributed by atoms with Gasteiger partial charge in [0.25, 0.3) is 0 Å². The van der Waals surface area contributed by atoms with Crippen molar-refractivity contribution in [2.24, 2.45) is 0 Å². The van der Waals surface area contributed by atoms with E-state index < -0.39 is 0 Å². The summed E-state index contributed by atoms with van der Waals surface area (Å²) in [4.78, 5) is 4.42. The SMILES string of the molecule is N#Cc1ccc(Cn2cnc3ccccc32)cc1-c1ccc(O)cc1. The van der Waals surface area contributed by atoms with Gasteiger partial charge in [-0.15, -0.1) is 0 Å². The summed E-state index contributed by atoms with van der Waals surface area (Å²) in [6, 6.07) is 23.0.